The van der Waals surface area contributed by atoms with E-state index in [2.05, 4.69) is 47.1 Å². The predicted molar refractivity (Wildman–Crippen MR) is 120 cm³/mol. The molecule has 1 fully saturated rings. The maximum atomic E-state index is 12.5. The highest BCUT2D eigenvalue weighted by Crippen LogP contribution is 2.50. The van der Waals surface area contributed by atoms with E-state index in [9.17, 15) is 9.90 Å². The second-order valence-corrected chi connectivity index (χ2v) is 9.13. The van der Waals surface area contributed by atoms with Gasteiger partial charge in [-0.15, -0.1) is 0 Å². The van der Waals surface area contributed by atoms with Crippen molar-refractivity contribution in [2.75, 3.05) is 43.0 Å². The normalized spacial score (nSPS) is 24.0. The largest absolute Gasteiger partial charge is 0.388 e. The first-order chi connectivity index (χ1) is 14.5. The number of fused-ring (bicyclic) bond motifs is 3. The van der Waals surface area contributed by atoms with Gasteiger partial charge in [0.05, 0.1) is 24.0 Å². The van der Waals surface area contributed by atoms with Crippen LogP contribution in [0.5, 0.6) is 0 Å². The third-order valence-electron chi connectivity index (χ3n) is 7.25. The molecule has 1 saturated heterocycles. The first kappa shape index (κ1) is 19.6. The Morgan fingerprint density at radius 2 is 1.97 bits per heavy atom. The average molecular weight is 406 g/mol. The Labute approximate surface area is 178 Å². The summed E-state index contributed by atoms with van der Waals surface area (Å²) in [6, 6.07) is 15.1. The van der Waals surface area contributed by atoms with Crippen LogP contribution in [-0.2, 0) is 4.79 Å². The lowest BCUT2D eigenvalue weighted by atomic mass is 9.89. The number of benzene rings is 2. The van der Waals surface area contributed by atoms with E-state index in [-0.39, 0.29) is 12.0 Å². The molecule has 0 aromatic heterocycles. The quantitative estimate of drug-likeness (QED) is 0.828. The highest BCUT2D eigenvalue weighted by molar-refractivity contribution is 6.04. The molecule has 0 unspecified atom stereocenters. The minimum absolute atomic E-state index is 0.188. The number of aliphatic hydroxyl groups is 1. The van der Waals surface area contributed by atoms with Crippen LogP contribution >= 0.6 is 0 Å². The minimum Gasteiger partial charge on any atom is -0.388 e. The number of para-hydroxylation sites is 1. The van der Waals surface area contributed by atoms with Gasteiger partial charge in [0.1, 0.15) is 0 Å². The molecule has 1 N–H and O–H groups in total. The van der Waals surface area contributed by atoms with Crippen LogP contribution in [0.4, 0.5) is 11.4 Å². The lowest BCUT2D eigenvalue weighted by Gasteiger charge is -2.41. The van der Waals surface area contributed by atoms with Crippen LogP contribution in [0.15, 0.2) is 42.5 Å². The fourth-order valence-corrected chi connectivity index (χ4v) is 5.53. The average Bonchev–Trinajstić information content (AvgIpc) is 3.06. The van der Waals surface area contributed by atoms with Gasteiger partial charge in [-0.25, -0.2) is 0 Å². The van der Waals surface area contributed by atoms with E-state index in [0.717, 1.165) is 50.1 Å². The number of aliphatic hydroxyl groups excluding tert-OH is 1. The van der Waals surface area contributed by atoms with Gasteiger partial charge in [0.25, 0.3) is 0 Å². The van der Waals surface area contributed by atoms with E-state index in [1.807, 2.05) is 24.1 Å². The number of hydrogen-bond donors (Lipinski definition) is 1. The van der Waals surface area contributed by atoms with Crippen LogP contribution in [0, 0.1) is 6.92 Å². The Morgan fingerprint density at radius 1 is 1.17 bits per heavy atom. The Bertz CT molecular complexity index is 942. The summed E-state index contributed by atoms with van der Waals surface area (Å²) in [4.78, 5) is 19.2. The van der Waals surface area contributed by atoms with Crippen molar-refractivity contribution in [1.29, 1.82) is 0 Å². The van der Waals surface area contributed by atoms with E-state index in [0.29, 0.717) is 18.5 Å². The zero-order valence-electron chi connectivity index (χ0n) is 17.9. The summed E-state index contributed by atoms with van der Waals surface area (Å²) in [5.41, 5.74) is 5.98. The molecule has 5 nitrogen and oxygen atoms in total. The molecule has 0 aliphatic carbocycles. The molecule has 3 aliphatic rings. The summed E-state index contributed by atoms with van der Waals surface area (Å²) in [7, 11) is 1.89. The van der Waals surface area contributed by atoms with Crippen molar-refractivity contribution in [3.8, 4) is 0 Å². The zero-order chi connectivity index (χ0) is 20.8. The number of hydrogen-bond acceptors (Lipinski definition) is 4. The molecular weight excluding hydrogens is 374 g/mol. The van der Waals surface area contributed by atoms with Crippen LogP contribution < -0.4 is 9.80 Å². The number of aryl methyl sites for hydroxylation is 1. The highest BCUT2D eigenvalue weighted by Gasteiger charge is 2.46. The van der Waals surface area contributed by atoms with Gasteiger partial charge in [-0.2, -0.15) is 0 Å². The molecule has 158 valence electrons. The maximum Gasteiger partial charge on any atom is 0.246 e. The number of carbonyl (C=O) groups is 1. The van der Waals surface area contributed by atoms with E-state index in [4.69, 9.17) is 0 Å². The van der Waals surface area contributed by atoms with Crippen LogP contribution in [0.2, 0.25) is 0 Å². The van der Waals surface area contributed by atoms with Gasteiger partial charge >= 0.3 is 0 Å². The first-order valence-corrected chi connectivity index (χ1v) is 11.2. The Balaban J connectivity index is 1.23. The van der Waals surface area contributed by atoms with E-state index >= 15 is 0 Å². The fraction of sp³-hybridized carbons (Fsp3) is 0.480. The molecule has 2 aromatic carbocycles. The molecular formula is C25H31N3O2. The van der Waals surface area contributed by atoms with Crippen LogP contribution in [0.3, 0.4) is 0 Å². The Morgan fingerprint density at radius 3 is 2.77 bits per heavy atom. The first-order valence-electron chi connectivity index (χ1n) is 11.2. The fourth-order valence-electron chi connectivity index (χ4n) is 5.53. The van der Waals surface area contributed by atoms with Gasteiger partial charge in [0.15, 0.2) is 0 Å². The van der Waals surface area contributed by atoms with Crippen molar-refractivity contribution in [2.24, 2.45) is 0 Å². The standard InChI is InChI=1S/C25H31N3O2/c1-17-8-10-18(11-9-17)23(29)7-4-13-27-14-12-21-20(15-27)19-5-3-6-22-25(19)28(21)16-24(30)26(22)2/h3,5-6,8-11,20-21,23,29H,4,7,12-16H2,1-2H3/t20-,21-,23-/m0/s1. The lowest BCUT2D eigenvalue weighted by Crippen LogP contribution is -2.51. The number of amides is 1. The van der Waals surface area contributed by atoms with Crippen LogP contribution in [0.25, 0.3) is 0 Å². The van der Waals surface area contributed by atoms with Gasteiger partial charge in [-0.3, -0.25) is 4.79 Å². The molecule has 3 atom stereocenters. The monoisotopic (exact) mass is 405 g/mol. The van der Waals surface area contributed by atoms with Crippen molar-refractivity contribution < 1.29 is 9.90 Å². The SMILES string of the molecule is Cc1ccc([C@@H](O)CCCN2CC[C@H]3[C@@H](C2)c2cccc4c2N3CC(=O)N4C)cc1. The Kier molecular flexibility index (Phi) is 5.03. The topological polar surface area (TPSA) is 47.0 Å². The van der Waals surface area contributed by atoms with Crippen molar-refractivity contribution in [3.05, 3.63) is 59.2 Å². The summed E-state index contributed by atoms with van der Waals surface area (Å²) in [6.45, 7) is 5.69. The van der Waals surface area contributed by atoms with Crippen LogP contribution in [-0.4, -0.2) is 55.2 Å². The smallest absolute Gasteiger partial charge is 0.246 e. The minimum atomic E-state index is -0.385. The summed E-state index contributed by atoms with van der Waals surface area (Å²) in [6.07, 6.45) is 2.49. The maximum absolute atomic E-state index is 12.5. The van der Waals surface area contributed by atoms with Gasteiger partial charge in [-0.1, -0.05) is 42.0 Å². The van der Waals surface area contributed by atoms with E-state index in [1.54, 1.807) is 0 Å². The lowest BCUT2D eigenvalue weighted by molar-refractivity contribution is -0.117. The molecule has 0 saturated carbocycles. The molecule has 30 heavy (non-hydrogen) atoms. The molecule has 3 heterocycles. The number of anilines is 2. The van der Waals surface area contributed by atoms with E-state index < -0.39 is 0 Å². The van der Waals surface area contributed by atoms with Crippen molar-refractivity contribution in [1.82, 2.24) is 4.90 Å². The molecule has 5 heteroatoms. The predicted octanol–water partition coefficient (Wildman–Crippen LogP) is 3.46. The van der Waals surface area contributed by atoms with Gasteiger partial charge < -0.3 is 19.8 Å². The number of piperidine rings is 1. The summed E-state index contributed by atoms with van der Waals surface area (Å²) >= 11 is 0. The second-order valence-electron chi connectivity index (χ2n) is 9.13. The third-order valence-corrected chi connectivity index (χ3v) is 7.25. The third kappa shape index (κ3) is 3.30. The van der Waals surface area contributed by atoms with Gasteiger partial charge in [0, 0.05) is 32.1 Å². The summed E-state index contributed by atoms with van der Waals surface area (Å²) in [5.74, 6) is 0.655. The molecule has 0 bridgehead atoms. The summed E-state index contributed by atoms with van der Waals surface area (Å²) < 4.78 is 0. The van der Waals surface area contributed by atoms with Crippen molar-refractivity contribution in [2.45, 2.75) is 44.2 Å². The molecule has 1 amide bonds. The van der Waals surface area contributed by atoms with Gasteiger partial charge in [0.2, 0.25) is 5.91 Å². The molecule has 5 rings (SSSR count). The number of likely N-dealkylation sites (tertiary alicyclic amines) is 1. The number of nitrogens with zero attached hydrogens (tertiary/aromatic N) is 3. The zero-order valence-corrected chi connectivity index (χ0v) is 17.9. The van der Waals surface area contributed by atoms with Crippen LogP contribution in [0.1, 0.15) is 48.0 Å². The van der Waals surface area contributed by atoms with Crippen molar-refractivity contribution >= 4 is 17.3 Å². The number of likely N-dealkylation sites (N-methyl/N-ethyl adjacent to an activating group) is 1. The number of rotatable bonds is 5. The second kappa shape index (κ2) is 7.71. The summed E-state index contributed by atoms with van der Waals surface area (Å²) in [5, 5.41) is 10.5. The Hall–Kier alpha value is -2.37. The molecule has 0 spiro atoms. The van der Waals surface area contributed by atoms with E-state index in [1.165, 1.54) is 16.8 Å². The van der Waals surface area contributed by atoms with Crippen molar-refractivity contribution in [3.63, 3.8) is 0 Å². The molecule has 3 aliphatic heterocycles. The molecule has 0 radical (unpaired) electrons. The van der Waals surface area contributed by atoms with Gasteiger partial charge in [-0.05, 0) is 49.9 Å². The highest BCUT2D eigenvalue weighted by atomic mass is 16.3. The number of carbonyl (C=O) groups excluding carboxylic acids is 1. The molecule has 2 aromatic rings.